The van der Waals surface area contributed by atoms with E-state index >= 15 is 0 Å². The van der Waals surface area contributed by atoms with E-state index in [1.165, 1.54) is 0 Å². The summed E-state index contributed by atoms with van der Waals surface area (Å²) in [6.45, 7) is 3.00. The van der Waals surface area contributed by atoms with Gasteiger partial charge < -0.3 is 10.2 Å². The van der Waals surface area contributed by atoms with Crippen molar-refractivity contribution in [2.75, 3.05) is 6.54 Å². The second-order valence-corrected chi connectivity index (χ2v) is 9.59. The number of hydrogen-bond donors (Lipinski definition) is 1. The number of amides is 2. The Hall–Kier alpha value is -2.63. The molecule has 1 atom stereocenters. The Kier molecular flexibility index (Phi) is 10.2. The normalized spacial score (nSPS) is 11.6. The molecule has 0 aliphatic rings. The van der Waals surface area contributed by atoms with E-state index in [4.69, 9.17) is 11.6 Å². The molecule has 0 fully saturated rings. The molecule has 34 heavy (non-hydrogen) atoms. The van der Waals surface area contributed by atoms with Gasteiger partial charge in [0.05, 0.1) is 6.42 Å². The van der Waals surface area contributed by atoms with Gasteiger partial charge in [-0.3, -0.25) is 9.59 Å². The van der Waals surface area contributed by atoms with Gasteiger partial charge in [0, 0.05) is 29.0 Å². The lowest BCUT2D eigenvalue weighted by atomic mass is 10.0. The molecule has 1 N–H and O–H groups in total. The highest BCUT2D eigenvalue weighted by Gasteiger charge is 2.30. The van der Waals surface area contributed by atoms with E-state index in [2.05, 4.69) is 28.2 Å². The average molecular weight is 542 g/mol. The lowest BCUT2D eigenvalue weighted by molar-refractivity contribution is -0.140. The fourth-order valence-corrected chi connectivity index (χ4v) is 4.22. The maximum atomic E-state index is 13.7. The largest absolute Gasteiger partial charge is 0.354 e. The summed E-state index contributed by atoms with van der Waals surface area (Å²) in [6, 6.07) is 24.3. The topological polar surface area (TPSA) is 49.4 Å². The summed E-state index contributed by atoms with van der Waals surface area (Å²) in [6.07, 6.45) is 2.44. The van der Waals surface area contributed by atoms with Crippen molar-refractivity contribution in [1.82, 2.24) is 10.2 Å². The molecule has 3 rings (SSSR count). The molecule has 0 saturated heterocycles. The fourth-order valence-electron chi connectivity index (χ4n) is 3.75. The lowest BCUT2D eigenvalue weighted by Crippen LogP contribution is -2.51. The molecule has 3 aromatic rings. The zero-order valence-corrected chi connectivity index (χ0v) is 21.7. The van der Waals surface area contributed by atoms with Crippen molar-refractivity contribution in [3.8, 4) is 0 Å². The third-order valence-corrected chi connectivity index (χ3v) is 6.56. The smallest absolute Gasteiger partial charge is 0.243 e. The number of hydrogen-bond acceptors (Lipinski definition) is 2. The molecule has 0 spiro atoms. The minimum atomic E-state index is -0.641. The van der Waals surface area contributed by atoms with Gasteiger partial charge in [-0.2, -0.15) is 0 Å². The quantitative estimate of drug-likeness (QED) is 0.294. The molecule has 0 radical (unpaired) electrons. The SMILES string of the molecule is CCCCNC(=O)[C@@H](Cc1ccccc1)N(Cc1ccc(Br)cc1)C(=O)Cc1ccccc1Cl. The van der Waals surface area contributed by atoms with Gasteiger partial charge in [0.15, 0.2) is 0 Å². The molecule has 0 bridgehead atoms. The third kappa shape index (κ3) is 7.71. The molecule has 0 heterocycles. The first kappa shape index (κ1) is 26.0. The fraction of sp³-hybridized carbons (Fsp3) is 0.286. The van der Waals surface area contributed by atoms with Gasteiger partial charge in [-0.25, -0.2) is 0 Å². The Balaban J connectivity index is 1.94. The number of nitrogens with one attached hydrogen (secondary N) is 1. The Morgan fingerprint density at radius 2 is 1.62 bits per heavy atom. The Morgan fingerprint density at radius 3 is 2.29 bits per heavy atom. The van der Waals surface area contributed by atoms with Gasteiger partial charge in [-0.1, -0.05) is 102 Å². The van der Waals surface area contributed by atoms with E-state index in [1.807, 2.05) is 72.8 Å². The molecule has 0 aliphatic heterocycles. The Morgan fingerprint density at radius 1 is 0.941 bits per heavy atom. The van der Waals surface area contributed by atoms with E-state index in [-0.39, 0.29) is 18.2 Å². The second kappa shape index (κ2) is 13.3. The number of carbonyl (C=O) groups excluding carboxylic acids is 2. The zero-order valence-electron chi connectivity index (χ0n) is 19.3. The van der Waals surface area contributed by atoms with Crippen molar-refractivity contribution >= 4 is 39.3 Å². The molecule has 0 saturated carbocycles. The standard InChI is InChI=1S/C28H30BrClN2O2/c1-2-3-17-31-28(34)26(18-21-9-5-4-6-10-21)32(20-22-13-15-24(29)16-14-22)27(33)19-23-11-7-8-12-25(23)30/h4-16,26H,2-3,17-20H2,1H3,(H,31,34)/t26-/m1/s1. The summed E-state index contributed by atoms with van der Waals surface area (Å²) in [4.78, 5) is 28.8. The first-order valence-corrected chi connectivity index (χ1v) is 12.7. The average Bonchev–Trinajstić information content (AvgIpc) is 2.84. The number of benzene rings is 3. The maximum absolute atomic E-state index is 13.7. The van der Waals surface area contributed by atoms with Crippen molar-refractivity contribution in [2.24, 2.45) is 0 Å². The van der Waals surface area contributed by atoms with E-state index in [9.17, 15) is 9.59 Å². The highest BCUT2D eigenvalue weighted by atomic mass is 79.9. The number of halogens is 2. The Labute approximate surface area is 215 Å². The van der Waals surface area contributed by atoms with Crippen LogP contribution in [0.4, 0.5) is 0 Å². The molecular formula is C28H30BrClN2O2. The Bertz CT molecular complexity index is 1070. The van der Waals surface area contributed by atoms with E-state index < -0.39 is 6.04 Å². The van der Waals surface area contributed by atoms with Gasteiger partial charge in [-0.05, 0) is 41.3 Å². The van der Waals surface area contributed by atoms with Crippen LogP contribution in [0.5, 0.6) is 0 Å². The minimum absolute atomic E-state index is 0.129. The third-order valence-electron chi connectivity index (χ3n) is 5.67. The molecule has 3 aromatic carbocycles. The van der Waals surface area contributed by atoms with Crippen molar-refractivity contribution in [2.45, 2.75) is 45.2 Å². The van der Waals surface area contributed by atoms with Crippen LogP contribution < -0.4 is 5.32 Å². The highest BCUT2D eigenvalue weighted by molar-refractivity contribution is 9.10. The first-order valence-electron chi connectivity index (χ1n) is 11.6. The van der Waals surface area contributed by atoms with E-state index in [1.54, 1.807) is 11.0 Å². The van der Waals surface area contributed by atoms with Crippen LogP contribution in [-0.2, 0) is 29.0 Å². The summed E-state index contributed by atoms with van der Waals surface area (Å²) in [5, 5.41) is 3.59. The maximum Gasteiger partial charge on any atom is 0.243 e. The van der Waals surface area contributed by atoms with Crippen LogP contribution in [0.1, 0.15) is 36.5 Å². The van der Waals surface area contributed by atoms with Gasteiger partial charge >= 0.3 is 0 Å². The molecule has 0 aromatic heterocycles. The second-order valence-electron chi connectivity index (χ2n) is 8.27. The summed E-state index contributed by atoms with van der Waals surface area (Å²) in [7, 11) is 0. The van der Waals surface area contributed by atoms with Gasteiger partial charge in [0.25, 0.3) is 0 Å². The van der Waals surface area contributed by atoms with E-state index in [0.717, 1.165) is 34.0 Å². The van der Waals surface area contributed by atoms with Crippen LogP contribution >= 0.6 is 27.5 Å². The van der Waals surface area contributed by atoms with E-state index in [0.29, 0.717) is 24.5 Å². The number of unbranched alkanes of at least 4 members (excludes halogenated alkanes) is 1. The minimum Gasteiger partial charge on any atom is -0.354 e. The summed E-state index contributed by atoms with van der Waals surface area (Å²) in [5.74, 6) is -0.274. The predicted molar refractivity (Wildman–Crippen MR) is 142 cm³/mol. The summed E-state index contributed by atoms with van der Waals surface area (Å²) >= 11 is 9.82. The monoisotopic (exact) mass is 540 g/mol. The number of rotatable bonds is 11. The molecule has 2 amide bonds. The van der Waals surface area contributed by atoms with Crippen LogP contribution in [0.3, 0.4) is 0 Å². The van der Waals surface area contributed by atoms with Crippen LogP contribution in [0.25, 0.3) is 0 Å². The van der Waals surface area contributed by atoms with Crippen LogP contribution in [0.2, 0.25) is 5.02 Å². The molecule has 6 heteroatoms. The molecule has 178 valence electrons. The van der Waals surface area contributed by atoms with Crippen molar-refractivity contribution in [3.05, 3.63) is 105 Å². The van der Waals surface area contributed by atoms with Crippen LogP contribution in [0, 0.1) is 0 Å². The summed E-state index contributed by atoms with van der Waals surface area (Å²) < 4.78 is 0.961. The molecule has 0 aliphatic carbocycles. The van der Waals surface area contributed by atoms with Gasteiger partial charge in [-0.15, -0.1) is 0 Å². The summed E-state index contributed by atoms with van der Waals surface area (Å²) in [5.41, 5.74) is 2.71. The van der Waals surface area contributed by atoms with Gasteiger partial charge in [0.1, 0.15) is 6.04 Å². The molecule has 4 nitrogen and oxygen atoms in total. The molecular weight excluding hydrogens is 512 g/mol. The first-order chi connectivity index (χ1) is 16.5. The molecule has 0 unspecified atom stereocenters. The predicted octanol–water partition coefficient (Wildman–Crippen LogP) is 6.20. The number of nitrogens with zero attached hydrogens (tertiary/aromatic N) is 1. The van der Waals surface area contributed by atoms with Crippen LogP contribution in [0.15, 0.2) is 83.3 Å². The van der Waals surface area contributed by atoms with Crippen LogP contribution in [-0.4, -0.2) is 29.3 Å². The zero-order chi connectivity index (χ0) is 24.3. The van der Waals surface area contributed by atoms with Crippen molar-refractivity contribution in [3.63, 3.8) is 0 Å². The lowest BCUT2D eigenvalue weighted by Gasteiger charge is -2.32. The van der Waals surface area contributed by atoms with Crippen molar-refractivity contribution < 1.29 is 9.59 Å². The van der Waals surface area contributed by atoms with Crippen molar-refractivity contribution in [1.29, 1.82) is 0 Å². The number of carbonyl (C=O) groups is 2. The van der Waals surface area contributed by atoms with Gasteiger partial charge in [0.2, 0.25) is 11.8 Å². The highest BCUT2D eigenvalue weighted by Crippen LogP contribution is 2.21.